The van der Waals surface area contributed by atoms with E-state index in [1.54, 1.807) is 25.6 Å². The minimum atomic E-state index is 0.0592. The fourth-order valence-electron chi connectivity index (χ4n) is 2.55. The number of methoxy groups -OCH3 is 2. The van der Waals surface area contributed by atoms with Gasteiger partial charge in [-0.2, -0.15) is 0 Å². The Morgan fingerprint density at radius 1 is 1.17 bits per heavy atom. The molecule has 5 heteroatoms. The predicted octanol–water partition coefficient (Wildman–Crippen LogP) is 4.21. The highest BCUT2D eigenvalue weighted by Crippen LogP contribution is 2.26. The first kappa shape index (κ1) is 18.3. The van der Waals surface area contributed by atoms with Gasteiger partial charge >= 0.3 is 0 Å². The van der Waals surface area contributed by atoms with E-state index < -0.39 is 0 Å². The quantitative estimate of drug-likeness (QED) is 0.778. The van der Waals surface area contributed by atoms with Crippen LogP contribution in [0.25, 0.3) is 0 Å². The lowest BCUT2D eigenvalue weighted by atomic mass is 10.0. The summed E-state index contributed by atoms with van der Waals surface area (Å²) in [7, 11) is 3.25. The Morgan fingerprint density at radius 2 is 1.83 bits per heavy atom. The number of thiophene rings is 1. The normalized spacial score (nSPS) is 12.0. The lowest BCUT2D eigenvalue weighted by Gasteiger charge is -2.21. The van der Waals surface area contributed by atoms with Crippen LogP contribution in [-0.2, 0) is 11.2 Å². The van der Waals surface area contributed by atoms with Gasteiger partial charge in [-0.3, -0.25) is 4.79 Å². The lowest BCUT2D eigenvalue weighted by molar-refractivity contribution is -0.122. The maximum Gasteiger partial charge on any atom is 0.220 e. The van der Waals surface area contributed by atoms with Crippen molar-refractivity contribution in [3.05, 3.63) is 46.2 Å². The molecule has 1 aromatic heterocycles. The molecule has 0 bridgehead atoms. The first-order valence-corrected chi connectivity index (χ1v) is 8.96. The topological polar surface area (TPSA) is 47.6 Å². The van der Waals surface area contributed by atoms with Gasteiger partial charge in [-0.15, -0.1) is 11.3 Å². The highest BCUT2D eigenvalue weighted by Gasteiger charge is 2.19. The summed E-state index contributed by atoms with van der Waals surface area (Å²) in [5, 5.41) is 5.20. The monoisotopic (exact) mass is 347 g/mol. The lowest BCUT2D eigenvalue weighted by Crippen LogP contribution is -2.31. The number of ether oxygens (including phenoxy) is 2. The van der Waals surface area contributed by atoms with Gasteiger partial charge in [0.25, 0.3) is 0 Å². The van der Waals surface area contributed by atoms with Crippen LogP contribution in [0.1, 0.15) is 36.8 Å². The highest BCUT2D eigenvalue weighted by molar-refractivity contribution is 7.10. The second kappa shape index (κ2) is 8.73. The van der Waals surface area contributed by atoms with Crippen molar-refractivity contribution in [2.24, 2.45) is 5.92 Å². The molecule has 1 amide bonds. The summed E-state index contributed by atoms with van der Waals surface area (Å²) in [4.78, 5) is 13.6. The molecule has 2 aromatic rings. The van der Waals surface area contributed by atoms with Gasteiger partial charge in [0, 0.05) is 17.4 Å². The minimum absolute atomic E-state index is 0.0592. The number of benzene rings is 1. The molecular formula is C19H25NO3S. The van der Waals surface area contributed by atoms with E-state index in [9.17, 15) is 4.79 Å². The van der Waals surface area contributed by atoms with Crippen molar-refractivity contribution in [3.63, 3.8) is 0 Å². The molecule has 0 aliphatic heterocycles. The Hall–Kier alpha value is -2.01. The van der Waals surface area contributed by atoms with Gasteiger partial charge in [0.1, 0.15) is 11.5 Å². The van der Waals surface area contributed by atoms with Crippen molar-refractivity contribution in [2.45, 2.75) is 32.7 Å². The molecule has 0 aliphatic carbocycles. The third-order valence-electron chi connectivity index (χ3n) is 3.88. The summed E-state index contributed by atoms with van der Waals surface area (Å²) in [5.74, 6) is 1.89. The van der Waals surface area contributed by atoms with Crippen molar-refractivity contribution in [1.29, 1.82) is 0 Å². The molecule has 0 spiro atoms. The Labute approximate surface area is 147 Å². The summed E-state index contributed by atoms with van der Waals surface area (Å²) in [6.07, 6.45) is 1.08. The first-order chi connectivity index (χ1) is 11.5. The molecule has 1 unspecified atom stereocenters. The third-order valence-corrected chi connectivity index (χ3v) is 4.84. The van der Waals surface area contributed by atoms with E-state index in [-0.39, 0.29) is 11.9 Å². The summed E-state index contributed by atoms with van der Waals surface area (Å²) < 4.78 is 10.5. The molecular weight excluding hydrogens is 322 g/mol. The minimum Gasteiger partial charge on any atom is -0.497 e. The fraction of sp³-hybridized carbons (Fsp3) is 0.421. The van der Waals surface area contributed by atoms with E-state index in [4.69, 9.17) is 9.47 Å². The third kappa shape index (κ3) is 4.99. The van der Waals surface area contributed by atoms with Crippen LogP contribution in [0.3, 0.4) is 0 Å². The van der Waals surface area contributed by atoms with Crippen molar-refractivity contribution in [1.82, 2.24) is 5.32 Å². The molecule has 0 radical (unpaired) electrons. The molecule has 0 saturated carbocycles. The van der Waals surface area contributed by atoms with Crippen LogP contribution in [-0.4, -0.2) is 20.1 Å². The van der Waals surface area contributed by atoms with Crippen molar-refractivity contribution in [3.8, 4) is 11.5 Å². The molecule has 0 saturated heterocycles. The summed E-state index contributed by atoms with van der Waals surface area (Å²) in [6.45, 7) is 4.25. The van der Waals surface area contributed by atoms with Crippen LogP contribution in [0.2, 0.25) is 0 Å². The van der Waals surface area contributed by atoms with E-state index in [0.29, 0.717) is 18.8 Å². The fourth-order valence-corrected chi connectivity index (χ4v) is 3.50. The number of carbonyl (C=O) groups excluding carboxylic acids is 1. The van der Waals surface area contributed by atoms with Crippen molar-refractivity contribution >= 4 is 17.2 Å². The van der Waals surface area contributed by atoms with Crippen LogP contribution in [0.15, 0.2) is 35.7 Å². The average Bonchev–Trinajstić information content (AvgIpc) is 3.11. The van der Waals surface area contributed by atoms with E-state index in [1.807, 2.05) is 29.6 Å². The zero-order valence-corrected chi connectivity index (χ0v) is 15.5. The van der Waals surface area contributed by atoms with Gasteiger partial charge in [0.15, 0.2) is 0 Å². The molecule has 24 heavy (non-hydrogen) atoms. The van der Waals surface area contributed by atoms with Crippen LogP contribution < -0.4 is 14.8 Å². The Morgan fingerprint density at radius 3 is 2.33 bits per heavy atom. The highest BCUT2D eigenvalue weighted by atomic mass is 32.1. The van der Waals surface area contributed by atoms with Gasteiger partial charge in [0.2, 0.25) is 5.91 Å². The molecule has 4 nitrogen and oxygen atoms in total. The number of nitrogens with one attached hydrogen (secondary N) is 1. The summed E-state index contributed by atoms with van der Waals surface area (Å²) in [5.41, 5.74) is 1.03. The average molecular weight is 347 g/mol. The van der Waals surface area contributed by atoms with Crippen LogP contribution in [0.4, 0.5) is 0 Å². The molecule has 130 valence electrons. The van der Waals surface area contributed by atoms with E-state index in [2.05, 4.69) is 25.2 Å². The smallest absolute Gasteiger partial charge is 0.220 e. The predicted molar refractivity (Wildman–Crippen MR) is 97.9 cm³/mol. The van der Waals surface area contributed by atoms with E-state index >= 15 is 0 Å². The number of carbonyl (C=O) groups is 1. The van der Waals surface area contributed by atoms with Crippen molar-refractivity contribution in [2.75, 3.05) is 14.2 Å². The van der Waals surface area contributed by atoms with Crippen LogP contribution in [0.5, 0.6) is 11.5 Å². The van der Waals surface area contributed by atoms with E-state index in [0.717, 1.165) is 17.1 Å². The molecule has 0 fully saturated rings. The Kier molecular flexibility index (Phi) is 6.67. The first-order valence-electron chi connectivity index (χ1n) is 8.08. The number of hydrogen-bond donors (Lipinski definition) is 1. The maximum atomic E-state index is 12.4. The summed E-state index contributed by atoms with van der Waals surface area (Å²) in [6, 6.07) is 9.86. The van der Waals surface area contributed by atoms with Crippen molar-refractivity contribution < 1.29 is 14.3 Å². The van der Waals surface area contributed by atoms with E-state index in [1.165, 1.54) is 4.88 Å². The number of rotatable bonds is 8. The van der Waals surface area contributed by atoms with Gasteiger partial charge in [-0.1, -0.05) is 19.9 Å². The second-order valence-electron chi connectivity index (χ2n) is 6.03. The second-order valence-corrected chi connectivity index (χ2v) is 7.00. The Bertz CT molecular complexity index is 630. The number of hydrogen-bond acceptors (Lipinski definition) is 4. The molecule has 2 rings (SSSR count). The number of amides is 1. The Balaban J connectivity index is 1.97. The standard InChI is InChI=1S/C19H25NO3S/c1-13(2)19(17-6-5-9-24-17)20-18(21)8-7-14-10-15(22-3)12-16(11-14)23-4/h5-6,9-13,19H,7-8H2,1-4H3,(H,20,21). The number of aryl methyl sites for hydroxylation is 1. The maximum absolute atomic E-state index is 12.4. The molecule has 0 aliphatic rings. The summed E-state index contributed by atoms with van der Waals surface area (Å²) >= 11 is 1.68. The molecule has 1 aromatic carbocycles. The van der Waals surface area contributed by atoms with Crippen LogP contribution >= 0.6 is 11.3 Å². The molecule has 1 atom stereocenters. The van der Waals surface area contributed by atoms with Gasteiger partial charge < -0.3 is 14.8 Å². The molecule has 1 N–H and O–H groups in total. The zero-order chi connectivity index (χ0) is 17.5. The SMILES string of the molecule is COc1cc(CCC(=O)NC(c2cccs2)C(C)C)cc(OC)c1. The largest absolute Gasteiger partial charge is 0.497 e. The zero-order valence-electron chi connectivity index (χ0n) is 14.7. The molecule has 1 heterocycles. The van der Waals surface area contributed by atoms with Gasteiger partial charge in [0.05, 0.1) is 20.3 Å². The van der Waals surface area contributed by atoms with Crippen LogP contribution in [0, 0.1) is 5.92 Å². The van der Waals surface area contributed by atoms with Gasteiger partial charge in [-0.25, -0.2) is 0 Å². The van der Waals surface area contributed by atoms with Gasteiger partial charge in [-0.05, 0) is 41.5 Å².